The van der Waals surface area contributed by atoms with Gasteiger partial charge >= 0.3 is 0 Å². The van der Waals surface area contributed by atoms with Crippen LogP contribution in [-0.2, 0) is 16.6 Å². The number of aromatic nitrogens is 2. The molecule has 0 amide bonds. The molecule has 1 aromatic heterocycles. The summed E-state index contributed by atoms with van der Waals surface area (Å²) in [4.78, 5) is 9.75. The molecule has 8 nitrogen and oxygen atoms in total. The van der Waals surface area contributed by atoms with Crippen molar-refractivity contribution in [3.8, 4) is 0 Å². The van der Waals surface area contributed by atoms with Crippen LogP contribution in [0.3, 0.4) is 0 Å². The first-order valence-electron chi connectivity index (χ1n) is 5.81. The topological polar surface area (TPSA) is 107 Å². The highest BCUT2D eigenvalue weighted by molar-refractivity contribution is 7.89. The predicted octanol–water partition coefficient (Wildman–Crippen LogP) is 1.42. The maximum absolute atomic E-state index is 12.1. The van der Waals surface area contributed by atoms with Crippen LogP contribution in [-0.4, -0.2) is 29.7 Å². The molecule has 0 saturated carbocycles. The molecule has 0 radical (unpaired) electrons. The molecule has 0 fully saturated rings. The van der Waals surface area contributed by atoms with Crippen molar-refractivity contribution in [2.75, 3.05) is 6.54 Å². The molecule has 2 rings (SSSR count). The van der Waals surface area contributed by atoms with Crippen molar-refractivity contribution in [3.05, 3.63) is 51.8 Å². The smallest absolute Gasteiger partial charge is 0.270 e. The number of sulfonamides is 1. The Hall–Kier alpha value is -1.97. The second kappa shape index (κ2) is 6.20. The minimum absolute atomic E-state index is 0.0341. The lowest BCUT2D eigenvalue weighted by atomic mass is 10.3. The van der Waals surface area contributed by atoms with Crippen LogP contribution in [0.1, 0.15) is 0 Å². The lowest BCUT2D eigenvalue weighted by Crippen LogP contribution is -2.28. The zero-order valence-electron chi connectivity index (χ0n) is 10.6. The number of nitro groups is 1. The van der Waals surface area contributed by atoms with E-state index in [1.807, 2.05) is 0 Å². The Morgan fingerprint density at radius 2 is 2.10 bits per heavy atom. The molecule has 0 aliphatic rings. The van der Waals surface area contributed by atoms with Crippen LogP contribution < -0.4 is 4.72 Å². The Labute approximate surface area is 125 Å². The van der Waals surface area contributed by atoms with Gasteiger partial charge in [0.2, 0.25) is 10.0 Å². The van der Waals surface area contributed by atoms with Gasteiger partial charge in [-0.3, -0.25) is 14.8 Å². The molecule has 1 N–H and O–H groups in total. The van der Waals surface area contributed by atoms with E-state index in [1.165, 1.54) is 29.1 Å². The second-order valence-corrected chi connectivity index (χ2v) is 6.22. The maximum atomic E-state index is 12.1. The van der Waals surface area contributed by atoms with Gasteiger partial charge in [0.25, 0.3) is 5.69 Å². The van der Waals surface area contributed by atoms with Crippen molar-refractivity contribution in [1.29, 1.82) is 0 Å². The van der Waals surface area contributed by atoms with Gasteiger partial charge < -0.3 is 0 Å². The molecule has 0 spiro atoms. The Balaban J connectivity index is 2.10. The zero-order chi connectivity index (χ0) is 15.5. The summed E-state index contributed by atoms with van der Waals surface area (Å²) in [6.45, 7) is 0.291. The van der Waals surface area contributed by atoms with Crippen molar-refractivity contribution < 1.29 is 13.3 Å². The summed E-state index contributed by atoms with van der Waals surface area (Å²) in [6, 6.07) is 5.16. The van der Waals surface area contributed by atoms with E-state index in [2.05, 4.69) is 9.82 Å². The fourth-order valence-electron chi connectivity index (χ4n) is 1.67. The fourth-order valence-corrected chi connectivity index (χ4v) is 3.02. The normalized spacial score (nSPS) is 11.5. The largest absolute Gasteiger partial charge is 0.289 e. The molecule has 21 heavy (non-hydrogen) atoms. The van der Waals surface area contributed by atoms with E-state index >= 15 is 0 Å². The van der Waals surface area contributed by atoms with Gasteiger partial charge in [-0.2, -0.15) is 5.10 Å². The van der Waals surface area contributed by atoms with Crippen molar-refractivity contribution in [2.24, 2.45) is 0 Å². The van der Waals surface area contributed by atoms with Gasteiger partial charge in [-0.1, -0.05) is 23.7 Å². The van der Waals surface area contributed by atoms with E-state index in [-0.39, 0.29) is 18.0 Å². The average molecular weight is 331 g/mol. The summed E-state index contributed by atoms with van der Waals surface area (Å²) in [5.74, 6) is 0. The van der Waals surface area contributed by atoms with Gasteiger partial charge in [0.05, 0.1) is 22.7 Å². The van der Waals surface area contributed by atoms with Crippen molar-refractivity contribution in [3.63, 3.8) is 0 Å². The molecular weight excluding hydrogens is 320 g/mol. The quantitative estimate of drug-likeness (QED) is 0.636. The van der Waals surface area contributed by atoms with E-state index < -0.39 is 20.6 Å². The monoisotopic (exact) mass is 330 g/mol. The molecule has 1 heterocycles. The molecule has 0 saturated heterocycles. The highest BCUT2D eigenvalue weighted by atomic mass is 35.5. The van der Waals surface area contributed by atoms with Crippen LogP contribution in [0.15, 0.2) is 41.6 Å². The number of hydrogen-bond donors (Lipinski definition) is 1. The standard InChI is InChI=1S/C11H11ClN4O4S/c12-9-7-13-15(8-9)6-5-14-21(19,20)11-4-2-1-3-10(11)16(17)18/h1-4,7-8,14H,5-6H2. The lowest BCUT2D eigenvalue weighted by molar-refractivity contribution is -0.387. The first kappa shape index (κ1) is 15.4. The molecule has 1 aromatic carbocycles. The van der Waals surface area contributed by atoms with Crippen LogP contribution in [0.25, 0.3) is 0 Å². The van der Waals surface area contributed by atoms with Crippen LogP contribution in [0.4, 0.5) is 5.69 Å². The van der Waals surface area contributed by atoms with Crippen LogP contribution in [0, 0.1) is 10.1 Å². The van der Waals surface area contributed by atoms with Gasteiger partial charge in [0.15, 0.2) is 4.90 Å². The fraction of sp³-hybridized carbons (Fsp3) is 0.182. The number of nitrogens with zero attached hydrogens (tertiary/aromatic N) is 3. The average Bonchev–Trinajstić information content (AvgIpc) is 2.84. The first-order chi connectivity index (χ1) is 9.90. The Bertz CT molecular complexity index is 759. The Morgan fingerprint density at radius 3 is 2.71 bits per heavy atom. The van der Waals surface area contributed by atoms with Crippen LogP contribution >= 0.6 is 11.6 Å². The number of benzene rings is 1. The highest BCUT2D eigenvalue weighted by Gasteiger charge is 2.24. The Morgan fingerprint density at radius 1 is 1.38 bits per heavy atom. The van der Waals surface area contributed by atoms with Crippen LogP contribution in [0.5, 0.6) is 0 Å². The van der Waals surface area contributed by atoms with E-state index in [1.54, 1.807) is 6.20 Å². The van der Waals surface area contributed by atoms with Gasteiger partial charge in [-0.05, 0) is 6.07 Å². The number of nitrogens with one attached hydrogen (secondary N) is 1. The number of hydrogen-bond acceptors (Lipinski definition) is 5. The summed E-state index contributed by atoms with van der Waals surface area (Å²) >= 11 is 5.68. The Kier molecular flexibility index (Phi) is 4.56. The van der Waals surface area contributed by atoms with E-state index in [9.17, 15) is 18.5 Å². The summed E-state index contributed by atoms with van der Waals surface area (Å²) in [5, 5.41) is 15.2. The molecule has 0 unspecified atom stereocenters. The molecule has 0 aliphatic carbocycles. The minimum atomic E-state index is -3.97. The van der Waals surface area contributed by atoms with Crippen molar-refractivity contribution in [1.82, 2.24) is 14.5 Å². The molecule has 10 heteroatoms. The molecule has 0 bridgehead atoms. The summed E-state index contributed by atoms with van der Waals surface area (Å²) < 4.78 is 27.9. The number of para-hydroxylation sites is 1. The van der Waals surface area contributed by atoms with E-state index in [4.69, 9.17) is 11.6 Å². The second-order valence-electron chi connectivity index (χ2n) is 4.04. The SMILES string of the molecule is O=[N+]([O-])c1ccccc1S(=O)(=O)NCCn1cc(Cl)cn1. The molecule has 112 valence electrons. The number of rotatable bonds is 6. The lowest BCUT2D eigenvalue weighted by Gasteiger charge is -2.07. The maximum Gasteiger partial charge on any atom is 0.289 e. The molecule has 0 aliphatic heterocycles. The number of halogens is 1. The minimum Gasteiger partial charge on any atom is -0.270 e. The zero-order valence-corrected chi connectivity index (χ0v) is 12.2. The molecule has 2 aromatic rings. The van der Waals surface area contributed by atoms with E-state index in [0.717, 1.165) is 6.07 Å². The first-order valence-corrected chi connectivity index (χ1v) is 7.67. The molecule has 0 atom stereocenters. The third-order valence-corrected chi connectivity index (χ3v) is 4.29. The summed E-state index contributed by atoms with van der Waals surface area (Å²) in [7, 11) is -3.97. The predicted molar refractivity (Wildman–Crippen MR) is 75.5 cm³/mol. The van der Waals surface area contributed by atoms with Crippen molar-refractivity contribution >= 4 is 27.3 Å². The van der Waals surface area contributed by atoms with E-state index in [0.29, 0.717) is 5.02 Å². The van der Waals surface area contributed by atoms with Gasteiger partial charge in [-0.15, -0.1) is 0 Å². The van der Waals surface area contributed by atoms with Gasteiger partial charge in [-0.25, -0.2) is 13.1 Å². The van der Waals surface area contributed by atoms with Gasteiger partial charge in [0.1, 0.15) is 0 Å². The summed E-state index contributed by atoms with van der Waals surface area (Å²) in [6.07, 6.45) is 2.97. The van der Waals surface area contributed by atoms with Crippen molar-refractivity contribution in [2.45, 2.75) is 11.4 Å². The highest BCUT2D eigenvalue weighted by Crippen LogP contribution is 2.22. The van der Waals surface area contributed by atoms with Gasteiger partial charge in [0, 0.05) is 18.8 Å². The summed E-state index contributed by atoms with van der Waals surface area (Å²) in [5.41, 5.74) is -0.466. The molecular formula is C11H11ClN4O4S. The third kappa shape index (κ3) is 3.78. The number of nitro benzene ring substituents is 1. The third-order valence-electron chi connectivity index (χ3n) is 2.59. The van der Waals surface area contributed by atoms with Crippen LogP contribution in [0.2, 0.25) is 5.02 Å².